The minimum absolute atomic E-state index is 0.458. The van der Waals surface area contributed by atoms with Crippen molar-refractivity contribution in [1.82, 2.24) is 0 Å². The maximum absolute atomic E-state index is 11.4. The molecule has 0 aromatic heterocycles. The maximum atomic E-state index is 11.4. The van der Waals surface area contributed by atoms with E-state index in [1.807, 2.05) is 18.2 Å². The first kappa shape index (κ1) is 15.6. The van der Waals surface area contributed by atoms with Gasteiger partial charge in [-0.05, 0) is 36.8 Å². The number of hydrogen-bond acceptors (Lipinski definition) is 3. The summed E-state index contributed by atoms with van der Waals surface area (Å²) in [4.78, 5) is 5.13. The van der Waals surface area contributed by atoms with Crippen LogP contribution in [0.25, 0.3) is 0 Å². The van der Waals surface area contributed by atoms with Crippen LogP contribution in [0.3, 0.4) is 0 Å². The number of anilines is 2. The third-order valence-corrected chi connectivity index (χ3v) is 5.57. The van der Waals surface area contributed by atoms with Crippen molar-refractivity contribution in [2.45, 2.75) is 40.9 Å². The van der Waals surface area contributed by atoms with Gasteiger partial charge in [-0.25, -0.2) is 4.21 Å². The van der Waals surface area contributed by atoms with Gasteiger partial charge in [0, 0.05) is 16.3 Å². The van der Waals surface area contributed by atoms with E-state index in [4.69, 9.17) is 0 Å². The summed E-state index contributed by atoms with van der Waals surface area (Å²) in [6, 6.07) is 13.9. The topological polar surface area (TPSA) is 40.5 Å². The van der Waals surface area contributed by atoms with Crippen LogP contribution in [0, 0.1) is 0 Å². The molecule has 22 heavy (non-hydrogen) atoms. The second kappa shape index (κ2) is 6.86. The molecule has 0 fully saturated rings. The van der Waals surface area contributed by atoms with E-state index in [2.05, 4.69) is 30.0 Å². The van der Waals surface area contributed by atoms with Gasteiger partial charge < -0.3 is 9.45 Å². The fraction of sp³-hybridized carbons (Fsp3) is 0.294. The van der Waals surface area contributed by atoms with Gasteiger partial charge in [-0.1, -0.05) is 43.7 Å². The zero-order chi connectivity index (χ0) is 15.5. The van der Waals surface area contributed by atoms with Crippen molar-refractivity contribution in [1.29, 1.82) is 0 Å². The van der Waals surface area contributed by atoms with Gasteiger partial charge in [0.1, 0.15) is 0 Å². The average molecular weight is 333 g/mol. The highest BCUT2D eigenvalue weighted by molar-refractivity contribution is 7.99. The highest BCUT2D eigenvalue weighted by Crippen LogP contribution is 2.48. The maximum Gasteiger partial charge on any atom is 0.186 e. The Balaban J connectivity index is 2.02. The lowest BCUT2D eigenvalue weighted by Crippen LogP contribution is -2.22. The molecule has 2 aromatic rings. The largest absolute Gasteiger partial charge is 0.340 e. The standard InChI is InChI=1S/C17H19NO2S2/c1-2-3-6-11-18-14-7-4-5-8-16(14)21-17-10-9-13(22(19)20)12-15(17)18/h4-5,7-10,12H,2-3,6,11H2,1H3,(H,19,20). The van der Waals surface area contributed by atoms with Crippen molar-refractivity contribution in [2.24, 2.45) is 0 Å². The van der Waals surface area contributed by atoms with E-state index >= 15 is 0 Å². The third kappa shape index (κ3) is 3.07. The molecule has 3 rings (SSSR count). The van der Waals surface area contributed by atoms with Gasteiger partial charge in [0.25, 0.3) is 0 Å². The van der Waals surface area contributed by atoms with Crippen molar-refractivity contribution in [3.63, 3.8) is 0 Å². The first-order valence-corrected chi connectivity index (χ1v) is 9.42. The molecule has 116 valence electrons. The number of para-hydroxylation sites is 1. The number of unbranched alkanes of at least 4 members (excludes halogenated alkanes) is 2. The molecule has 2 aromatic carbocycles. The SMILES string of the molecule is CCCCCN1c2ccccc2Sc2ccc(S(=O)O)cc21. The second-order valence-corrected chi connectivity index (χ2v) is 7.36. The zero-order valence-electron chi connectivity index (χ0n) is 12.5. The fourth-order valence-electron chi connectivity index (χ4n) is 2.68. The van der Waals surface area contributed by atoms with Crippen LogP contribution in [-0.4, -0.2) is 15.3 Å². The molecular weight excluding hydrogens is 314 g/mol. The molecule has 0 bridgehead atoms. The Bertz CT molecular complexity index is 703. The lowest BCUT2D eigenvalue weighted by atomic mass is 10.2. The molecular formula is C17H19NO2S2. The smallest absolute Gasteiger partial charge is 0.186 e. The Morgan fingerprint density at radius 3 is 2.64 bits per heavy atom. The number of benzene rings is 2. The minimum atomic E-state index is -1.94. The summed E-state index contributed by atoms with van der Waals surface area (Å²) >= 11 is -0.219. The molecule has 1 N–H and O–H groups in total. The van der Waals surface area contributed by atoms with E-state index in [0.29, 0.717) is 4.90 Å². The van der Waals surface area contributed by atoms with E-state index in [0.717, 1.165) is 23.5 Å². The molecule has 1 aliphatic heterocycles. The molecule has 0 amide bonds. The quantitative estimate of drug-likeness (QED) is 0.613. The van der Waals surface area contributed by atoms with Gasteiger partial charge in [0.05, 0.1) is 16.3 Å². The van der Waals surface area contributed by atoms with Gasteiger partial charge in [-0.2, -0.15) is 0 Å². The Kier molecular flexibility index (Phi) is 4.86. The molecule has 1 aliphatic rings. The van der Waals surface area contributed by atoms with E-state index in [9.17, 15) is 8.76 Å². The number of fused-ring (bicyclic) bond motifs is 2. The van der Waals surface area contributed by atoms with Crippen molar-refractivity contribution in [3.8, 4) is 0 Å². The Morgan fingerprint density at radius 2 is 1.86 bits per heavy atom. The Hall–Kier alpha value is -1.30. The van der Waals surface area contributed by atoms with Crippen LogP contribution in [0.4, 0.5) is 11.4 Å². The van der Waals surface area contributed by atoms with Crippen LogP contribution in [-0.2, 0) is 11.1 Å². The summed E-state index contributed by atoms with van der Waals surface area (Å²) < 4.78 is 20.8. The van der Waals surface area contributed by atoms with Crippen molar-refractivity contribution < 1.29 is 8.76 Å². The van der Waals surface area contributed by atoms with Gasteiger partial charge in [0.2, 0.25) is 0 Å². The number of hydrogen-bond donors (Lipinski definition) is 1. The molecule has 3 nitrogen and oxygen atoms in total. The summed E-state index contributed by atoms with van der Waals surface area (Å²) in [5.41, 5.74) is 2.23. The van der Waals surface area contributed by atoms with Crippen LogP contribution >= 0.6 is 11.8 Å². The molecule has 0 saturated heterocycles. The average Bonchev–Trinajstić information content (AvgIpc) is 2.53. The van der Waals surface area contributed by atoms with Gasteiger partial charge in [-0.3, -0.25) is 0 Å². The highest BCUT2D eigenvalue weighted by Gasteiger charge is 2.23. The third-order valence-electron chi connectivity index (χ3n) is 3.78. The lowest BCUT2D eigenvalue weighted by molar-refractivity contribution is 0.564. The summed E-state index contributed by atoms with van der Waals surface area (Å²) in [7, 11) is 0. The monoisotopic (exact) mass is 333 g/mol. The number of nitrogens with zero attached hydrogens (tertiary/aromatic N) is 1. The zero-order valence-corrected chi connectivity index (χ0v) is 14.1. The molecule has 1 unspecified atom stereocenters. The summed E-state index contributed by atoms with van der Waals surface area (Å²) in [6.07, 6.45) is 3.48. The number of rotatable bonds is 5. The van der Waals surface area contributed by atoms with Gasteiger partial charge in [-0.15, -0.1) is 0 Å². The molecule has 1 heterocycles. The van der Waals surface area contributed by atoms with Crippen LogP contribution in [0.2, 0.25) is 0 Å². The van der Waals surface area contributed by atoms with Crippen molar-refractivity contribution in [3.05, 3.63) is 42.5 Å². The Labute approximate surface area is 138 Å². The lowest BCUT2D eigenvalue weighted by Gasteiger charge is -2.33. The predicted octanol–water partition coefficient (Wildman–Crippen LogP) is 5.06. The molecule has 0 radical (unpaired) electrons. The van der Waals surface area contributed by atoms with Crippen LogP contribution < -0.4 is 4.90 Å². The van der Waals surface area contributed by atoms with Gasteiger partial charge >= 0.3 is 0 Å². The molecule has 0 spiro atoms. The van der Waals surface area contributed by atoms with Crippen molar-refractivity contribution >= 4 is 34.2 Å². The van der Waals surface area contributed by atoms with Crippen LogP contribution in [0.5, 0.6) is 0 Å². The molecule has 0 saturated carbocycles. The predicted molar refractivity (Wildman–Crippen MR) is 92.6 cm³/mol. The fourth-order valence-corrected chi connectivity index (χ4v) is 4.15. The van der Waals surface area contributed by atoms with E-state index < -0.39 is 11.1 Å². The molecule has 1 atom stereocenters. The summed E-state index contributed by atoms with van der Waals surface area (Å²) in [5, 5.41) is 0. The van der Waals surface area contributed by atoms with E-state index in [1.54, 1.807) is 17.8 Å². The van der Waals surface area contributed by atoms with Gasteiger partial charge in [0.15, 0.2) is 11.1 Å². The minimum Gasteiger partial charge on any atom is -0.340 e. The Morgan fingerprint density at radius 1 is 1.09 bits per heavy atom. The van der Waals surface area contributed by atoms with E-state index in [-0.39, 0.29) is 0 Å². The van der Waals surface area contributed by atoms with Crippen LogP contribution in [0.15, 0.2) is 57.2 Å². The highest BCUT2D eigenvalue weighted by atomic mass is 32.2. The normalized spacial score (nSPS) is 14.4. The first-order valence-electron chi connectivity index (χ1n) is 7.50. The summed E-state index contributed by atoms with van der Waals surface area (Å²) in [5.74, 6) is 0. The summed E-state index contributed by atoms with van der Waals surface area (Å²) in [6.45, 7) is 3.13. The molecule has 0 aliphatic carbocycles. The molecule has 5 heteroatoms. The first-order chi connectivity index (χ1) is 10.7. The van der Waals surface area contributed by atoms with E-state index in [1.165, 1.54) is 23.4 Å². The second-order valence-electron chi connectivity index (χ2n) is 5.31. The van der Waals surface area contributed by atoms with Crippen molar-refractivity contribution in [2.75, 3.05) is 11.4 Å². The van der Waals surface area contributed by atoms with Crippen LogP contribution in [0.1, 0.15) is 26.2 Å².